The van der Waals surface area contributed by atoms with Gasteiger partial charge in [-0.15, -0.1) is 0 Å². The fraction of sp³-hybridized carbons (Fsp3) is 0.524. The second-order valence-corrected chi connectivity index (χ2v) is 7.64. The van der Waals surface area contributed by atoms with E-state index in [1.807, 2.05) is 31.2 Å². The summed E-state index contributed by atoms with van der Waals surface area (Å²) >= 11 is 0. The summed E-state index contributed by atoms with van der Waals surface area (Å²) in [5.74, 6) is 1.24. The highest BCUT2D eigenvalue weighted by atomic mass is 16.5. The van der Waals surface area contributed by atoms with Gasteiger partial charge in [0.25, 0.3) is 12.0 Å². The first-order valence-corrected chi connectivity index (χ1v) is 9.82. The minimum atomic E-state index is -0.250. The van der Waals surface area contributed by atoms with Gasteiger partial charge in [0.1, 0.15) is 5.75 Å². The average Bonchev–Trinajstić information content (AvgIpc) is 3.08. The molecule has 4 rings (SSSR count). The Morgan fingerprint density at radius 3 is 2.90 bits per heavy atom. The number of fused-ring (bicyclic) bond motifs is 2. The summed E-state index contributed by atoms with van der Waals surface area (Å²) in [4.78, 5) is 26.1. The van der Waals surface area contributed by atoms with Crippen LogP contribution in [0.4, 0.5) is 0 Å². The molecule has 3 N–H and O–H groups in total. The van der Waals surface area contributed by atoms with E-state index in [1.165, 1.54) is 0 Å². The van der Waals surface area contributed by atoms with Crippen LogP contribution in [0.2, 0.25) is 0 Å². The predicted molar refractivity (Wildman–Crippen MR) is 108 cm³/mol. The standard InChI is InChI=1S/C20H26N2O4.CH2O2/c1-2-26-17-3-4-18-14(8-17)7-15(19(24)21-18)9-22-10-16-5-6-25-13-20(16,11-22)12-23;2-1-3/h3-4,7-8,16,23H,2,5-6,9-13H2,1H3,(H,21,24);1H,(H,2,3)/t16-,20+;/m0./s1. The van der Waals surface area contributed by atoms with E-state index in [-0.39, 0.29) is 24.1 Å². The molecule has 8 nitrogen and oxygen atoms in total. The zero-order chi connectivity index (χ0) is 20.9. The third-order valence-corrected chi connectivity index (χ3v) is 5.80. The van der Waals surface area contributed by atoms with Gasteiger partial charge in [-0.25, -0.2) is 0 Å². The topological polar surface area (TPSA) is 112 Å². The Balaban J connectivity index is 0.000000755. The summed E-state index contributed by atoms with van der Waals surface area (Å²) in [7, 11) is 0. The zero-order valence-electron chi connectivity index (χ0n) is 16.6. The van der Waals surface area contributed by atoms with Crippen molar-refractivity contribution >= 4 is 17.4 Å². The van der Waals surface area contributed by atoms with Crippen LogP contribution in [0.5, 0.6) is 5.75 Å². The highest BCUT2D eigenvalue weighted by Gasteiger charge is 2.48. The van der Waals surface area contributed by atoms with Crippen LogP contribution < -0.4 is 10.3 Å². The summed E-state index contributed by atoms with van der Waals surface area (Å²) in [6.07, 6.45) is 0.975. The van der Waals surface area contributed by atoms with E-state index in [0.29, 0.717) is 25.7 Å². The second kappa shape index (κ2) is 9.39. The smallest absolute Gasteiger partial charge is 0.290 e. The number of aliphatic hydroxyl groups excluding tert-OH is 1. The maximum absolute atomic E-state index is 12.5. The lowest BCUT2D eigenvalue weighted by Gasteiger charge is -2.36. The van der Waals surface area contributed by atoms with Crippen molar-refractivity contribution < 1.29 is 24.5 Å². The molecule has 158 valence electrons. The molecule has 1 aromatic heterocycles. The number of carbonyl (C=O) groups is 1. The molecule has 1 aromatic carbocycles. The molecule has 0 bridgehead atoms. The van der Waals surface area contributed by atoms with Crippen molar-refractivity contribution in [3.05, 3.63) is 40.2 Å². The molecule has 2 fully saturated rings. The number of nitrogens with zero attached hydrogens (tertiary/aromatic N) is 1. The van der Waals surface area contributed by atoms with Crippen LogP contribution in [-0.2, 0) is 16.1 Å². The third kappa shape index (κ3) is 4.60. The van der Waals surface area contributed by atoms with Crippen LogP contribution in [0.15, 0.2) is 29.1 Å². The molecular formula is C21H28N2O6. The molecule has 2 atom stereocenters. The maximum Gasteiger partial charge on any atom is 0.290 e. The Hall–Kier alpha value is -2.42. The van der Waals surface area contributed by atoms with Gasteiger partial charge < -0.3 is 24.7 Å². The van der Waals surface area contributed by atoms with Gasteiger partial charge in [-0.2, -0.15) is 0 Å². The molecule has 0 unspecified atom stereocenters. The fourth-order valence-corrected chi connectivity index (χ4v) is 4.40. The first-order valence-electron chi connectivity index (χ1n) is 9.82. The van der Waals surface area contributed by atoms with E-state index >= 15 is 0 Å². The van der Waals surface area contributed by atoms with Crippen LogP contribution in [0.3, 0.4) is 0 Å². The largest absolute Gasteiger partial charge is 0.494 e. The van der Waals surface area contributed by atoms with Crippen molar-refractivity contribution in [2.24, 2.45) is 11.3 Å². The number of aromatic nitrogens is 1. The van der Waals surface area contributed by atoms with Crippen molar-refractivity contribution in [1.82, 2.24) is 9.88 Å². The van der Waals surface area contributed by atoms with Gasteiger partial charge in [-0.05, 0) is 43.5 Å². The lowest BCUT2D eigenvalue weighted by Crippen LogP contribution is -2.42. The van der Waals surface area contributed by atoms with Gasteiger partial charge in [-0.1, -0.05) is 0 Å². The Morgan fingerprint density at radius 2 is 2.21 bits per heavy atom. The number of ether oxygens (including phenoxy) is 2. The van der Waals surface area contributed by atoms with Crippen LogP contribution in [0.1, 0.15) is 18.9 Å². The van der Waals surface area contributed by atoms with Gasteiger partial charge in [0.2, 0.25) is 0 Å². The second-order valence-electron chi connectivity index (χ2n) is 7.64. The Bertz CT molecular complexity index is 898. The molecule has 2 saturated heterocycles. The van der Waals surface area contributed by atoms with E-state index in [2.05, 4.69) is 9.88 Å². The molecule has 2 aliphatic rings. The summed E-state index contributed by atoms with van der Waals surface area (Å²) in [5, 5.41) is 17.8. The molecule has 0 aliphatic carbocycles. The van der Waals surface area contributed by atoms with Crippen molar-refractivity contribution in [2.45, 2.75) is 19.9 Å². The summed E-state index contributed by atoms with van der Waals surface area (Å²) < 4.78 is 11.2. The number of aliphatic hydroxyl groups is 1. The van der Waals surface area contributed by atoms with E-state index < -0.39 is 0 Å². The minimum absolute atomic E-state index is 0.0502. The molecule has 0 spiro atoms. The van der Waals surface area contributed by atoms with Gasteiger partial charge >= 0.3 is 0 Å². The van der Waals surface area contributed by atoms with E-state index in [9.17, 15) is 9.90 Å². The molecule has 2 aliphatic heterocycles. The Labute approximate surface area is 169 Å². The first kappa shape index (κ1) is 21.3. The molecule has 0 saturated carbocycles. The summed E-state index contributed by atoms with van der Waals surface area (Å²) in [5.41, 5.74) is 1.34. The van der Waals surface area contributed by atoms with Gasteiger partial charge in [0.05, 0.1) is 19.8 Å². The van der Waals surface area contributed by atoms with Crippen molar-refractivity contribution in [2.75, 3.05) is 39.5 Å². The van der Waals surface area contributed by atoms with Crippen LogP contribution >= 0.6 is 0 Å². The third-order valence-electron chi connectivity index (χ3n) is 5.80. The summed E-state index contributed by atoms with van der Waals surface area (Å²) in [6.45, 7) is 6.08. The van der Waals surface area contributed by atoms with E-state index in [1.54, 1.807) is 0 Å². The van der Waals surface area contributed by atoms with Gasteiger partial charge in [0, 0.05) is 48.1 Å². The minimum Gasteiger partial charge on any atom is -0.494 e. The quantitative estimate of drug-likeness (QED) is 0.647. The number of aromatic amines is 1. The number of rotatable bonds is 5. The van der Waals surface area contributed by atoms with Gasteiger partial charge in [-0.3, -0.25) is 14.5 Å². The maximum atomic E-state index is 12.5. The van der Waals surface area contributed by atoms with Crippen LogP contribution in [-0.4, -0.2) is 66.1 Å². The average molecular weight is 404 g/mol. The van der Waals surface area contributed by atoms with Crippen molar-refractivity contribution in [3.8, 4) is 5.75 Å². The number of likely N-dealkylation sites (tertiary alicyclic amines) is 1. The predicted octanol–water partition coefficient (Wildman–Crippen LogP) is 1.46. The Morgan fingerprint density at radius 1 is 1.41 bits per heavy atom. The molecule has 29 heavy (non-hydrogen) atoms. The number of H-pyrrole nitrogens is 1. The van der Waals surface area contributed by atoms with E-state index in [4.69, 9.17) is 19.4 Å². The monoisotopic (exact) mass is 404 g/mol. The highest BCUT2D eigenvalue weighted by Crippen LogP contribution is 2.41. The number of carboxylic acid groups (broad SMARTS) is 1. The lowest BCUT2D eigenvalue weighted by atomic mass is 9.76. The van der Waals surface area contributed by atoms with Crippen LogP contribution in [0.25, 0.3) is 10.9 Å². The van der Waals surface area contributed by atoms with Crippen molar-refractivity contribution in [3.63, 3.8) is 0 Å². The SMILES string of the molecule is CCOc1ccc2[nH]c(=O)c(CN3C[C@@H]4CCOC[C@]4(CO)C3)cc2c1.O=CO. The molecule has 3 heterocycles. The highest BCUT2D eigenvalue weighted by molar-refractivity contribution is 5.80. The van der Waals surface area contributed by atoms with Crippen molar-refractivity contribution in [1.29, 1.82) is 0 Å². The molecule has 0 amide bonds. The Kier molecular flexibility index (Phi) is 6.89. The number of nitrogens with one attached hydrogen (secondary N) is 1. The number of hydrogen-bond acceptors (Lipinski definition) is 6. The first-order chi connectivity index (χ1) is 14.0. The molecule has 8 heteroatoms. The normalized spacial score (nSPS) is 23.9. The number of hydrogen-bond donors (Lipinski definition) is 3. The van der Waals surface area contributed by atoms with Gasteiger partial charge in [0.15, 0.2) is 0 Å². The van der Waals surface area contributed by atoms with E-state index in [0.717, 1.165) is 48.3 Å². The lowest BCUT2D eigenvalue weighted by molar-refractivity contribution is -0.122. The molecule has 0 radical (unpaired) electrons. The summed E-state index contributed by atoms with van der Waals surface area (Å²) in [6, 6.07) is 7.68. The number of pyridine rings is 1. The van der Waals surface area contributed by atoms with Crippen LogP contribution in [0, 0.1) is 11.3 Å². The number of benzene rings is 1. The fourth-order valence-electron chi connectivity index (χ4n) is 4.40. The molecule has 2 aromatic rings. The zero-order valence-corrected chi connectivity index (χ0v) is 16.6. The molecular weight excluding hydrogens is 376 g/mol.